The van der Waals surface area contributed by atoms with Crippen molar-refractivity contribution < 1.29 is 4.79 Å². The van der Waals surface area contributed by atoms with E-state index in [0.29, 0.717) is 36.7 Å². The molecular weight excluding hydrogens is 354 g/mol. The fraction of sp³-hybridized carbons (Fsp3) is 0.500. The highest BCUT2D eigenvalue weighted by Crippen LogP contribution is 2.27. The lowest BCUT2D eigenvalue weighted by atomic mass is 9.93. The van der Waals surface area contributed by atoms with Gasteiger partial charge in [-0.2, -0.15) is 5.26 Å². The Morgan fingerprint density at radius 3 is 2.74 bits per heavy atom. The van der Waals surface area contributed by atoms with E-state index in [4.69, 9.17) is 5.26 Å². The Bertz CT molecular complexity index is 847. The van der Waals surface area contributed by atoms with Crippen LogP contribution in [-0.4, -0.2) is 16.9 Å². The second-order valence-corrected chi connectivity index (χ2v) is 8.58. The van der Waals surface area contributed by atoms with Crippen LogP contribution in [-0.2, 0) is 11.2 Å². The summed E-state index contributed by atoms with van der Waals surface area (Å²) in [5.74, 6) is 0.801. The molecule has 0 aliphatic rings. The van der Waals surface area contributed by atoms with Gasteiger partial charge in [-0.25, -0.2) is 4.98 Å². The van der Waals surface area contributed by atoms with E-state index in [0.717, 1.165) is 16.9 Å². The Hall–Kier alpha value is -2.19. The maximum atomic E-state index is 12.4. The van der Waals surface area contributed by atoms with Crippen molar-refractivity contribution in [1.82, 2.24) is 10.3 Å². The molecule has 27 heavy (non-hydrogen) atoms. The normalized spacial score (nSPS) is 13.3. The highest BCUT2D eigenvalue weighted by atomic mass is 32.1. The number of rotatable bonds is 9. The van der Waals surface area contributed by atoms with Crippen molar-refractivity contribution >= 4 is 27.5 Å². The SMILES string of the molecule is C=C(C#N)CC(NC(=O)CCc1nc2ccc(C(C)C)cc2s1)C(C)CC. The van der Waals surface area contributed by atoms with Gasteiger partial charge in [-0.15, -0.1) is 11.3 Å². The van der Waals surface area contributed by atoms with Gasteiger partial charge >= 0.3 is 0 Å². The van der Waals surface area contributed by atoms with Gasteiger partial charge in [0.25, 0.3) is 0 Å². The lowest BCUT2D eigenvalue weighted by Gasteiger charge is -2.24. The van der Waals surface area contributed by atoms with E-state index in [-0.39, 0.29) is 11.9 Å². The molecule has 2 atom stereocenters. The molecule has 1 aromatic carbocycles. The van der Waals surface area contributed by atoms with E-state index in [9.17, 15) is 4.79 Å². The minimum atomic E-state index is -0.0429. The number of carbonyl (C=O) groups excluding carboxylic acids is 1. The lowest BCUT2D eigenvalue weighted by Crippen LogP contribution is -2.39. The number of nitrogens with one attached hydrogen (secondary N) is 1. The van der Waals surface area contributed by atoms with Gasteiger partial charge in [0.05, 0.1) is 21.3 Å². The van der Waals surface area contributed by atoms with Crippen LogP contribution in [0, 0.1) is 17.2 Å². The first-order valence-corrected chi connectivity index (χ1v) is 10.4. The number of hydrogen-bond acceptors (Lipinski definition) is 4. The maximum absolute atomic E-state index is 12.4. The van der Waals surface area contributed by atoms with E-state index in [2.05, 4.69) is 68.8 Å². The Balaban J connectivity index is 1.98. The molecular formula is C22H29N3OS. The van der Waals surface area contributed by atoms with Crippen LogP contribution in [0.4, 0.5) is 0 Å². The summed E-state index contributed by atoms with van der Waals surface area (Å²) in [6.45, 7) is 12.3. The molecule has 0 saturated heterocycles. The third-order valence-electron chi connectivity index (χ3n) is 4.99. The minimum Gasteiger partial charge on any atom is -0.353 e. The lowest BCUT2D eigenvalue weighted by molar-refractivity contribution is -0.122. The summed E-state index contributed by atoms with van der Waals surface area (Å²) in [7, 11) is 0. The zero-order chi connectivity index (χ0) is 20.0. The first kappa shape index (κ1) is 21.1. The highest BCUT2D eigenvalue weighted by Gasteiger charge is 2.19. The smallest absolute Gasteiger partial charge is 0.220 e. The van der Waals surface area contributed by atoms with Crippen LogP contribution in [0.1, 0.15) is 63.4 Å². The van der Waals surface area contributed by atoms with Crippen LogP contribution in [0.2, 0.25) is 0 Å². The third kappa shape index (κ3) is 5.90. The molecule has 0 aliphatic heterocycles. The van der Waals surface area contributed by atoms with Gasteiger partial charge in [0.1, 0.15) is 0 Å². The summed E-state index contributed by atoms with van der Waals surface area (Å²) >= 11 is 1.67. The van der Waals surface area contributed by atoms with Crippen molar-refractivity contribution in [2.24, 2.45) is 5.92 Å². The van der Waals surface area contributed by atoms with Gasteiger partial charge in [-0.1, -0.05) is 46.8 Å². The van der Waals surface area contributed by atoms with Crippen LogP contribution < -0.4 is 5.32 Å². The second kappa shape index (κ2) is 9.66. The van der Waals surface area contributed by atoms with Crippen LogP contribution in [0.15, 0.2) is 30.4 Å². The number of aromatic nitrogens is 1. The quantitative estimate of drug-likeness (QED) is 0.593. The van der Waals surface area contributed by atoms with Crippen molar-refractivity contribution in [3.05, 3.63) is 40.9 Å². The van der Waals surface area contributed by atoms with Crippen molar-refractivity contribution in [1.29, 1.82) is 5.26 Å². The second-order valence-electron chi connectivity index (χ2n) is 7.47. The number of benzene rings is 1. The number of carbonyl (C=O) groups is 1. The fourth-order valence-corrected chi connectivity index (χ4v) is 3.96. The molecule has 1 amide bonds. The predicted molar refractivity (Wildman–Crippen MR) is 113 cm³/mol. The summed E-state index contributed by atoms with van der Waals surface area (Å²) in [6.07, 6.45) is 2.49. The average Bonchev–Trinajstić information content (AvgIpc) is 3.07. The van der Waals surface area contributed by atoms with Crippen molar-refractivity contribution in [3.63, 3.8) is 0 Å². The summed E-state index contributed by atoms with van der Waals surface area (Å²) in [5, 5.41) is 13.1. The molecule has 1 aromatic heterocycles. The molecule has 1 N–H and O–H groups in total. The number of fused-ring (bicyclic) bond motifs is 1. The first-order chi connectivity index (χ1) is 12.8. The number of thiazole rings is 1. The molecule has 0 aliphatic carbocycles. The summed E-state index contributed by atoms with van der Waals surface area (Å²) < 4.78 is 1.18. The van der Waals surface area contributed by atoms with Crippen molar-refractivity contribution in [2.45, 2.75) is 65.3 Å². The van der Waals surface area contributed by atoms with E-state index in [1.165, 1.54) is 10.3 Å². The third-order valence-corrected chi connectivity index (χ3v) is 6.07. The summed E-state index contributed by atoms with van der Waals surface area (Å²) in [5.41, 5.74) is 2.82. The Kier molecular flexibility index (Phi) is 7.55. The maximum Gasteiger partial charge on any atom is 0.220 e. The van der Waals surface area contributed by atoms with Crippen LogP contribution in [0.3, 0.4) is 0 Å². The molecule has 0 radical (unpaired) electrons. The molecule has 0 saturated carbocycles. The van der Waals surface area contributed by atoms with E-state index in [1.807, 2.05) is 0 Å². The zero-order valence-electron chi connectivity index (χ0n) is 16.7. The van der Waals surface area contributed by atoms with E-state index >= 15 is 0 Å². The van der Waals surface area contributed by atoms with Gasteiger partial charge in [0.15, 0.2) is 0 Å². The van der Waals surface area contributed by atoms with Gasteiger partial charge in [0.2, 0.25) is 5.91 Å². The van der Waals surface area contributed by atoms with Crippen LogP contribution in [0.25, 0.3) is 10.2 Å². The molecule has 0 bridgehead atoms. The first-order valence-electron chi connectivity index (χ1n) is 9.60. The number of aryl methyl sites for hydroxylation is 1. The molecule has 2 rings (SSSR count). The molecule has 144 valence electrons. The molecule has 2 unspecified atom stereocenters. The number of nitriles is 1. The molecule has 1 heterocycles. The minimum absolute atomic E-state index is 0.00756. The number of nitrogens with zero attached hydrogens (tertiary/aromatic N) is 2. The van der Waals surface area contributed by atoms with Gasteiger partial charge in [0, 0.05) is 30.9 Å². The van der Waals surface area contributed by atoms with Gasteiger partial charge < -0.3 is 5.32 Å². The van der Waals surface area contributed by atoms with E-state index in [1.54, 1.807) is 11.3 Å². The highest BCUT2D eigenvalue weighted by molar-refractivity contribution is 7.18. The number of amides is 1. The molecule has 5 heteroatoms. The zero-order valence-corrected chi connectivity index (χ0v) is 17.5. The Labute approximate surface area is 166 Å². The van der Waals surface area contributed by atoms with Crippen molar-refractivity contribution in [3.8, 4) is 6.07 Å². The average molecular weight is 384 g/mol. The van der Waals surface area contributed by atoms with E-state index < -0.39 is 0 Å². The Morgan fingerprint density at radius 1 is 1.37 bits per heavy atom. The molecule has 4 nitrogen and oxygen atoms in total. The van der Waals surface area contributed by atoms with Gasteiger partial charge in [-0.05, 0) is 29.5 Å². The van der Waals surface area contributed by atoms with Crippen LogP contribution in [0.5, 0.6) is 0 Å². The fourth-order valence-electron chi connectivity index (χ4n) is 2.94. The topological polar surface area (TPSA) is 65.8 Å². The molecule has 2 aromatic rings. The van der Waals surface area contributed by atoms with Crippen molar-refractivity contribution in [2.75, 3.05) is 0 Å². The molecule has 0 fully saturated rings. The summed E-state index contributed by atoms with van der Waals surface area (Å²) in [6, 6.07) is 8.43. The number of hydrogen-bond donors (Lipinski definition) is 1. The monoisotopic (exact) mass is 383 g/mol. The van der Waals surface area contributed by atoms with Gasteiger partial charge in [-0.3, -0.25) is 4.79 Å². The standard InChI is InChI=1S/C22H29N3OS/c1-6-16(5)19(11-15(4)13-23)24-21(26)9-10-22-25-18-8-7-17(14(2)3)12-20(18)27-22/h7-8,12,14,16,19H,4,6,9-11H2,1-3,5H3,(H,24,26). The largest absolute Gasteiger partial charge is 0.353 e. The summed E-state index contributed by atoms with van der Waals surface area (Å²) in [4.78, 5) is 17.1. The van der Waals surface area contributed by atoms with Crippen LogP contribution >= 0.6 is 11.3 Å². The molecule has 0 spiro atoms. The Morgan fingerprint density at radius 2 is 2.11 bits per heavy atom. The predicted octanol–water partition coefficient (Wildman–Crippen LogP) is 5.35.